The predicted molar refractivity (Wildman–Crippen MR) is 88.7 cm³/mol. The maximum Gasteiger partial charge on any atom is 0.240 e. The van der Waals surface area contributed by atoms with E-state index < -0.39 is 0 Å². The fourth-order valence-electron chi connectivity index (χ4n) is 2.64. The summed E-state index contributed by atoms with van der Waals surface area (Å²) in [5.41, 5.74) is 2.18. The molecule has 0 saturated carbocycles. The van der Waals surface area contributed by atoms with Gasteiger partial charge in [0.2, 0.25) is 11.7 Å². The van der Waals surface area contributed by atoms with Crippen LogP contribution in [0.15, 0.2) is 33.9 Å². The van der Waals surface area contributed by atoms with Gasteiger partial charge in [-0.05, 0) is 19.1 Å². The lowest BCUT2D eigenvalue weighted by molar-refractivity contribution is 0.174. The molecule has 3 heterocycles. The molecule has 124 valence electrons. The molecule has 0 bridgehead atoms. The topological polar surface area (TPSA) is 83.3 Å². The summed E-state index contributed by atoms with van der Waals surface area (Å²) < 4.78 is 14.4. The fraction of sp³-hybridized carbons (Fsp3) is 0.333. The number of methoxy groups -OCH3 is 1. The van der Waals surface area contributed by atoms with Crippen molar-refractivity contribution in [2.45, 2.75) is 23.9 Å². The number of aromatic nitrogens is 6. The van der Waals surface area contributed by atoms with Gasteiger partial charge in [-0.25, -0.2) is 0 Å². The Morgan fingerprint density at radius 1 is 1.25 bits per heavy atom. The summed E-state index contributed by atoms with van der Waals surface area (Å²) in [6.07, 6.45) is 0. The Bertz CT molecular complexity index is 1000. The van der Waals surface area contributed by atoms with Crippen molar-refractivity contribution in [1.82, 2.24) is 29.3 Å². The van der Waals surface area contributed by atoms with Crippen LogP contribution in [0.4, 0.5) is 0 Å². The largest absolute Gasteiger partial charge is 0.377 e. The lowest BCUT2D eigenvalue weighted by Gasteiger charge is -2.03. The van der Waals surface area contributed by atoms with Crippen LogP contribution >= 0.6 is 11.8 Å². The second kappa shape index (κ2) is 5.91. The van der Waals surface area contributed by atoms with Crippen molar-refractivity contribution in [3.05, 3.63) is 36.0 Å². The number of ether oxygens (including phenoxy) is 1. The normalized spacial score (nSPS) is 13.1. The van der Waals surface area contributed by atoms with Gasteiger partial charge in [0.25, 0.3) is 0 Å². The van der Waals surface area contributed by atoms with E-state index in [1.54, 1.807) is 7.11 Å². The molecule has 0 N–H and O–H groups in total. The third-order valence-electron chi connectivity index (χ3n) is 3.79. The quantitative estimate of drug-likeness (QED) is 0.515. The Morgan fingerprint density at radius 2 is 2.04 bits per heavy atom. The van der Waals surface area contributed by atoms with Crippen molar-refractivity contribution in [3.8, 4) is 0 Å². The number of benzene rings is 1. The molecule has 24 heavy (non-hydrogen) atoms. The van der Waals surface area contributed by atoms with Crippen LogP contribution in [0.25, 0.3) is 16.8 Å². The van der Waals surface area contributed by atoms with Crippen molar-refractivity contribution in [1.29, 1.82) is 0 Å². The monoisotopic (exact) mass is 344 g/mol. The van der Waals surface area contributed by atoms with Gasteiger partial charge in [0.05, 0.1) is 16.3 Å². The molecule has 3 aromatic heterocycles. The summed E-state index contributed by atoms with van der Waals surface area (Å²) in [4.78, 5) is 4.34. The van der Waals surface area contributed by atoms with Gasteiger partial charge in [0.1, 0.15) is 6.61 Å². The van der Waals surface area contributed by atoms with Crippen molar-refractivity contribution in [2.75, 3.05) is 7.11 Å². The summed E-state index contributed by atoms with van der Waals surface area (Å²) in [6.45, 7) is 2.33. The van der Waals surface area contributed by atoms with Gasteiger partial charge in [0.15, 0.2) is 11.0 Å². The first-order chi connectivity index (χ1) is 11.7. The van der Waals surface area contributed by atoms with Gasteiger partial charge in [-0.15, -0.1) is 10.2 Å². The molecule has 0 radical (unpaired) electrons. The highest BCUT2D eigenvalue weighted by Crippen LogP contribution is 2.34. The Hall–Kier alpha value is -2.39. The molecule has 0 aliphatic heterocycles. The molecule has 0 aliphatic rings. The molecule has 4 rings (SSSR count). The average molecular weight is 344 g/mol. The summed E-state index contributed by atoms with van der Waals surface area (Å²) in [6, 6.07) is 8.15. The van der Waals surface area contributed by atoms with Crippen LogP contribution in [0, 0.1) is 0 Å². The molecular formula is C15H16N6O2S. The summed E-state index contributed by atoms with van der Waals surface area (Å²) in [7, 11) is 3.58. The van der Waals surface area contributed by atoms with Crippen LogP contribution in [-0.2, 0) is 18.4 Å². The molecule has 8 nitrogen and oxygen atoms in total. The lowest BCUT2D eigenvalue weighted by Crippen LogP contribution is -1.94. The van der Waals surface area contributed by atoms with Gasteiger partial charge < -0.3 is 13.8 Å². The SMILES string of the molecule is COCc1noc(C(C)Sc2nnc3n(C)c4ccccc4n23)n1. The summed E-state index contributed by atoms with van der Waals surface area (Å²) in [5, 5.41) is 13.3. The van der Waals surface area contributed by atoms with Crippen LogP contribution in [0.3, 0.4) is 0 Å². The Balaban J connectivity index is 1.70. The van der Waals surface area contributed by atoms with Crippen LogP contribution < -0.4 is 0 Å². The van der Waals surface area contributed by atoms with E-state index in [0.29, 0.717) is 18.3 Å². The minimum atomic E-state index is -0.0468. The molecule has 1 unspecified atom stereocenters. The smallest absolute Gasteiger partial charge is 0.240 e. The Labute approximate surface area is 141 Å². The second-order valence-electron chi connectivity index (χ2n) is 5.41. The number of fused-ring (bicyclic) bond motifs is 3. The van der Waals surface area contributed by atoms with E-state index >= 15 is 0 Å². The zero-order chi connectivity index (χ0) is 16.7. The number of imidazole rings is 1. The molecule has 0 aliphatic carbocycles. The van der Waals surface area contributed by atoms with Gasteiger partial charge in [-0.2, -0.15) is 4.98 Å². The summed E-state index contributed by atoms with van der Waals surface area (Å²) in [5.74, 6) is 1.89. The van der Waals surface area contributed by atoms with Gasteiger partial charge in [-0.1, -0.05) is 29.1 Å². The number of nitrogens with zero attached hydrogens (tertiary/aromatic N) is 6. The van der Waals surface area contributed by atoms with E-state index in [1.165, 1.54) is 11.8 Å². The second-order valence-corrected chi connectivity index (χ2v) is 6.72. The molecule has 9 heteroatoms. The van der Waals surface area contributed by atoms with Gasteiger partial charge in [-0.3, -0.25) is 4.40 Å². The maximum absolute atomic E-state index is 5.31. The first-order valence-corrected chi connectivity index (χ1v) is 8.33. The maximum atomic E-state index is 5.31. The van der Waals surface area contributed by atoms with Crippen molar-refractivity contribution in [3.63, 3.8) is 0 Å². The zero-order valence-electron chi connectivity index (χ0n) is 13.5. The summed E-state index contributed by atoms with van der Waals surface area (Å²) >= 11 is 1.53. The molecule has 0 saturated heterocycles. The van der Waals surface area contributed by atoms with E-state index in [1.807, 2.05) is 35.1 Å². The molecule has 0 fully saturated rings. The molecule has 1 atom stereocenters. The molecule has 1 aromatic carbocycles. The first kappa shape index (κ1) is 15.2. The minimum Gasteiger partial charge on any atom is -0.377 e. The van der Waals surface area contributed by atoms with E-state index in [4.69, 9.17) is 9.26 Å². The lowest BCUT2D eigenvalue weighted by atomic mass is 10.3. The van der Waals surface area contributed by atoms with Crippen LogP contribution in [-0.4, -0.2) is 36.4 Å². The van der Waals surface area contributed by atoms with Crippen LogP contribution in [0.1, 0.15) is 23.9 Å². The average Bonchev–Trinajstić information content (AvgIpc) is 3.27. The first-order valence-electron chi connectivity index (χ1n) is 7.45. The highest BCUT2D eigenvalue weighted by molar-refractivity contribution is 7.99. The van der Waals surface area contributed by atoms with Crippen molar-refractivity contribution < 1.29 is 9.26 Å². The molecule has 4 aromatic rings. The fourth-order valence-corrected chi connectivity index (χ4v) is 3.53. The zero-order valence-corrected chi connectivity index (χ0v) is 14.3. The van der Waals surface area contributed by atoms with Crippen molar-refractivity contribution in [2.24, 2.45) is 7.05 Å². The number of hydrogen-bond acceptors (Lipinski definition) is 7. The molecule has 0 amide bonds. The number of aryl methyl sites for hydroxylation is 1. The third-order valence-corrected chi connectivity index (χ3v) is 4.82. The van der Waals surface area contributed by atoms with Gasteiger partial charge >= 0.3 is 0 Å². The van der Waals surface area contributed by atoms with E-state index in [0.717, 1.165) is 22.0 Å². The van der Waals surface area contributed by atoms with E-state index in [9.17, 15) is 0 Å². The standard InChI is InChI=1S/C15H16N6O2S/c1-9(13-16-12(8-22-3)19-23-13)24-15-18-17-14-20(2)10-6-4-5-7-11(10)21(14)15/h4-7,9H,8H2,1-3H3. The highest BCUT2D eigenvalue weighted by atomic mass is 32.2. The minimum absolute atomic E-state index is 0.0468. The number of thioether (sulfide) groups is 1. The molecular weight excluding hydrogens is 328 g/mol. The predicted octanol–water partition coefficient (Wildman–Crippen LogP) is 2.60. The number of rotatable bonds is 5. The third kappa shape index (κ3) is 2.36. The Morgan fingerprint density at radius 3 is 2.83 bits per heavy atom. The van der Waals surface area contributed by atoms with E-state index in [2.05, 4.69) is 32.5 Å². The van der Waals surface area contributed by atoms with Crippen LogP contribution in [0.2, 0.25) is 0 Å². The van der Waals surface area contributed by atoms with Crippen molar-refractivity contribution >= 4 is 28.6 Å². The highest BCUT2D eigenvalue weighted by Gasteiger charge is 2.21. The molecule has 0 spiro atoms. The number of hydrogen-bond donors (Lipinski definition) is 0. The van der Waals surface area contributed by atoms with E-state index in [-0.39, 0.29) is 5.25 Å². The number of para-hydroxylation sites is 2. The van der Waals surface area contributed by atoms with Crippen LogP contribution in [0.5, 0.6) is 0 Å². The Kier molecular flexibility index (Phi) is 3.73. The van der Waals surface area contributed by atoms with Gasteiger partial charge in [0, 0.05) is 14.2 Å².